The van der Waals surface area contributed by atoms with Crippen LogP contribution in [0.15, 0.2) is 90.1 Å². The quantitative estimate of drug-likeness (QED) is 0.280. The number of rotatable bonds is 5. The van der Waals surface area contributed by atoms with Crippen molar-refractivity contribution in [1.82, 2.24) is 9.80 Å². The van der Waals surface area contributed by atoms with Crippen molar-refractivity contribution in [3.63, 3.8) is 0 Å². The van der Waals surface area contributed by atoms with Crippen LogP contribution in [0.25, 0.3) is 11.1 Å². The molecule has 2 aliphatic rings. The molecule has 256 valence electrons. The minimum Gasteiger partial charge on any atom is -0.443 e. The number of benzene rings is 3. The van der Waals surface area contributed by atoms with Gasteiger partial charge in [-0.15, -0.1) is 0 Å². The molecule has 2 heterocycles. The van der Waals surface area contributed by atoms with Crippen LogP contribution in [0, 0.1) is 6.92 Å². The number of aryl methyl sites for hydroxylation is 1. The Hall–Kier alpha value is -4.45. The van der Waals surface area contributed by atoms with Gasteiger partial charge in [0.1, 0.15) is 11.2 Å². The van der Waals surface area contributed by atoms with E-state index in [1.807, 2.05) is 76.2 Å². The first-order chi connectivity index (χ1) is 22.5. The van der Waals surface area contributed by atoms with Gasteiger partial charge < -0.3 is 14.6 Å². The molecule has 3 aromatic rings. The first kappa shape index (κ1) is 36.4. The van der Waals surface area contributed by atoms with Crippen molar-refractivity contribution in [2.45, 2.75) is 77.7 Å². The van der Waals surface area contributed by atoms with Gasteiger partial charge in [-0.05, 0) is 82.9 Å². The molecule has 0 aromatic heterocycles. The van der Waals surface area contributed by atoms with Gasteiger partial charge in [0.05, 0.1) is 31.2 Å². The summed E-state index contributed by atoms with van der Waals surface area (Å²) in [5.41, 5.74) is 4.87. The van der Waals surface area contributed by atoms with Crippen molar-refractivity contribution in [1.29, 1.82) is 0 Å². The Morgan fingerprint density at radius 1 is 0.708 bits per heavy atom. The summed E-state index contributed by atoms with van der Waals surface area (Å²) in [5.74, 6) is 0. The fourth-order valence-electron chi connectivity index (χ4n) is 4.95. The maximum Gasteiger partial charge on any atom is 0.414 e. The molecule has 0 spiro atoms. The van der Waals surface area contributed by atoms with Gasteiger partial charge in [0.2, 0.25) is 0 Å². The normalized spacial score (nSPS) is 14.4. The third kappa shape index (κ3) is 9.79. The Kier molecular flexibility index (Phi) is 11.2. The molecular formula is C37H44N2O8S. The Morgan fingerprint density at radius 3 is 1.60 bits per heavy atom. The molecular weight excluding hydrogens is 632 g/mol. The SMILES string of the molecule is CC(C)(C)OC(=O)N1C=C(CO)c2ccccc2C1.Cc1ccc(S(=O)(=O)OCC2=CN(C(=O)OC(C)(C)C)Cc3ccccc32)cc1. The number of amides is 2. The molecule has 0 atom stereocenters. The summed E-state index contributed by atoms with van der Waals surface area (Å²) in [6.07, 6.45) is 2.37. The molecule has 10 nitrogen and oxygen atoms in total. The Morgan fingerprint density at radius 2 is 1.15 bits per heavy atom. The molecule has 0 bridgehead atoms. The average molecular weight is 677 g/mol. The fourth-order valence-corrected chi connectivity index (χ4v) is 5.83. The zero-order valence-corrected chi connectivity index (χ0v) is 29.3. The van der Waals surface area contributed by atoms with Crippen LogP contribution < -0.4 is 0 Å². The molecule has 0 fully saturated rings. The zero-order chi connectivity index (χ0) is 35.3. The van der Waals surface area contributed by atoms with E-state index in [1.165, 1.54) is 21.9 Å². The summed E-state index contributed by atoms with van der Waals surface area (Å²) in [6.45, 7) is 13.3. The van der Waals surface area contributed by atoms with E-state index in [9.17, 15) is 23.1 Å². The smallest absolute Gasteiger partial charge is 0.414 e. The Bertz CT molecular complexity index is 1800. The highest BCUT2D eigenvalue weighted by atomic mass is 32.2. The van der Waals surface area contributed by atoms with E-state index in [4.69, 9.17) is 13.7 Å². The van der Waals surface area contributed by atoms with Gasteiger partial charge in [-0.2, -0.15) is 8.42 Å². The highest BCUT2D eigenvalue weighted by Gasteiger charge is 2.28. The number of carbonyl (C=O) groups excluding carboxylic acids is 2. The standard InChI is InChI=1S/C22H25NO5S.C15H19NO3/c1-16-9-11-19(12-10-16)29(25,26)27-15-18-14-23(21(24)28-22(2,3)4)13-17-7-5-6-8-20(17)18;1-15(2,3)19-14(18)16-8-11-6-4-5-7-13(11)12(9-16)10-17/h5-12,14H,13,15H2,1-4H3;4-7,9,17H,8,10H2,1-3H3. The van der Waals surface area contributed by atoms with Crippen molar-refractivity contribution in [3.05, 3.63) is 113 Å². The van der Waals surface area contributed by atoms with Crippen LogP contribution >= 0.6 is 0 Å². The van der Waals surface area contributed by atoms with Gasteiger partial charge in [-0.1, -0.05) is 66.2 Å². The second-order valence-corrected chi connectivity index (χ2v) is 15.1. The number of aliphatic hydroxyl groups excluding tert-OH is 1. The van der Waals surface area contributed by atoms with E-state index in [1.54, 1.807) is 45.3 Å². The van der Waals surface area contributed by atoms with Gasteiger partial charge in [-0.3, -0.25) is 14.0 Å². The van der Waals surface area contributed by atoms with Crippen LogP contribution in [0.3, 0.4) is 0 Å². The van der Waals surface area contributed by atoms with Crippen molar-refractivity contribution >= 4 is 33.5 Å². The lowest BCUT2D eigenvalue weighted by Gasteiger charge is -2.29. The number of nitrogens with zero attached hydrogens (tertiary/aromatic N) is 2. The number of aliphatic hydroxyl groups is 1. The van der Waals surface area contributed by atoms with Crippen LogP contribution in [0.4, 0.5) is 9.59 Å². The summed E-state index contributed by atoms with van der Waals surface area (Å²) in [6, 6.07) is 21.7. The van der Waals surface area contributed by atoms with Crippen LogP contribution in [-0.4, -0.2) is 59.9 Å². The molecule has 48 heavy (non-hydrogen) atoms. The second kappa shape index (κ2) is 14.8. The predicted octanol–water partition coefficient (Wildman–Crippen LogP) is 7.26. The third-order valence-corrected chi connectivity index (χ3v) is 8.41. The van der Waals surface area contributed by atoms with E-state index >= 15 is 0 Å². The van der Waals surface area contributed by atoms with Crippen molar-refractivity contribution in [2.75, 3.05) is 13.2 Å². The zero-order valence-electron chi connectivity index (χ0n) is 28.5. The third-order valence-electron chi connectivity index (χ3n) is 7.14. The highest BCUT2D eigenvalue weighted by molar-refractivity contribution is 7.86. The van der Waals surface area contributed by atoms with E-state index in [0.29, 0.717) is 18.7 Å². The van der Waals surface area contributed by atoms with E-state index < -0.39 is 33.5 Å². The summed E-state index contributed by atoms with van der Waals surface area (Å²) in [5, 5.41) is 9.42. The van der Waals surface area contributed by atoms with Crippen LogP contribution in [-0.2, 0) is 36.9 Å². The van der Waals surface area contributed by atoms with Gasteiger partial charge in [0.15, 0.2) is 0 Å². The number of hydrogen-bond donors (Lipinski definition) is 1. The number of fused-ring (bicyclic) bond motifs is 2. The predicted molar refractivity (Wildman–Crippen MR) is 184 cm³/mol. The lowest BCUT2D eigenvalue weighted by Crippen LogP contribution is -2.35. The lowest BCUT2D eigenvalue weighted by atomic mass is 9.97. The molecule has 2 amide bonds. The van der Waals surface area contributed by atoms with Crippen molar-refractivity contribution < 1.29 is 36.8 Å². The molecule has 11 heteroatoms. The van der Waals surface area contributed by atoms with Crippen LogP contribution in [0.5, 0.6) is 0 Å². The highest BCUT2D eigenvalue weighted by Crippen LogP contribution is 2.30. The lowest BCUT2D eigenvalue weighted by molar-refractivity contribution is 0.0310. The van der Waals surface area contributed by atoms with E-state index in [-0.39, 0.29) is 18.1 Å². The molecule has 1 N–H and O–H groups in total. The van der Waals surface area contributed by atoms with Crippen molar-refractivity contribution in [3.8, 4) is 0 Å². The molecule has 2 aliphatic heterocycles. The summed E-state index contributed by atoms with van der Waals surface area (Å²) >= 11 is 0. The van der Waals surface area contributed by atoms with Crippen LogP contribution in [0.2, 0.25) is 0 Å². The number of ether oxygens (including phenoxy) is 2. The van der Waals surface area contributed by atoms with Gasteiger partial charge in [-0.25, -0.2) is 9.59 Å². The minimum atomic E-state index is -3.92. The Labute approximate surface area is 283 Å². The van der Waals surface area contributed by atoms with Crippen molar-refractivity contribution in [2.24, 2.45) is 0 Å². The molecule has 0 radical (unpaired) electrons. The van der Waals surface area contributed by atoms with E-state index in [0.717, 1.165) is 33.4 Å². The summed E-state index contributed by atoms with van der Waals surface area (Å²) < 4.78 is 41.2. The monoisotopic (exact) mass is 676 g/mol. The molecule has 0 saturated heterocycles. The second-order valence-electron chi connectivity index (χ2n) is 13.5. The first-order valence-corrected chi connectivity index (χ1v) is 17.0. The summed E-state index contributed by atoms with van der Waals surface area (Å²) in [4.78, 5) is 27.6. The Balaban J connectivity index is 0.000000237. The molecule has 0 saturated carbocycles. The minimum absolute atomic E-state index is 0.0943. The number of hydrogen-bond acceptors (Lipinski definition) is 8. The molecule has 0 aliphatic carbocycles. The maximum atomic E-state index is 12.5. The van der Waals surface area contributed by atoms with Gasteiger partial charge >= 0.3 is 12.2 Å². The van der Waals surface area contributed by atoms with Crippen LogP contribution in [0.1, 0.15) is 69.4 Å². The molecule has 5 rings (SSSR count). The summed E-state index contributed by atoms with van der Waals surface area (Å²) in [7, 11) is -3.92. The van der Waals surface area contributed by atoms with Gasteiger partial charge in [0, 0.05) is 23.5 Å². The largest absolute Gasteiger partial charge is 0.443 e. The number of carbonyl (C=O) groups is 2. The van der Waals surface area contributed by atoms with Gasteiger partial charge in [0.25, 0.3) is 10.1 Å². The first-order valence-electron chi connectivity index (χ1n) is 15.6. The topological polar surface area (TPSA) is 123 Å². The molecule has 3 aromatic carbocycles. The molecule has 0 unspecified atom stereocenters. The maximum absolute atomic E-state index is 12.5. The fraction of sp³-hybridized carbons (Fsp3) is 0.351. The van der Waals surface area contributed by atoms with E-state index in [2.05, 4.69) is 0 Å². The average Bonchev–Trinajstić information content (AvgIpc) is 3.02.